The first-order valence-electron chi connectivity index (χ1n) is 9.43. The van der Waals surface area contributed by atoms with E-state index >= 15 is 0 Å². The third kappa shape index (κ3) is 5.05. The molecule has 0 aliphatic carbocycles. The summed E-state index contributed by atoms with van der Waals surface area (Å²) >= 11 is 0. The van der Waals surface area contributed by atoms with Crippen molar-refractivity contribution < 1.29 is 14.3 Å². The summed E-state index contributed by atoms with van der Waals surface area (Å²) in [6.45, 7) is 8.09. The van der Waals surface area contributed by atoms with E-state index in [9.17, 15) is 4.79 Å². The number of aryl methyl sites for hydroxylation is 1. The Balaban J connectivity index is 1.75. The first-order chi connectivity index (χ1) is 13.2. The highest BCUT2D eigenvalue weighted by Gasteiger charge is 2.24. The Morgan fingerprint density at radius 1 is 1.30 bits per heavy atom. The van der Waals surface area contributed by atoms with E-state index in [1.165, 1.54) is 11.1 Å². The zero-order chi connectivity index (χ0) is 19.1. The summed E-state index contributed by atoms with van der Waals surface area (Å²) < 4.78 is 11.0. The second-order valence-electron chi connectivity index (χ2n) is 6.58. The topological polar surface area (TPSA) is 63.7 Å². The van der Waals surface area contributed by atoms with Crippen molar-refractivity contribution in [3.8, 4) is 5.88 Å². The minimum atomic E-state index is -0.169. The van der Waals surface area contributed by atoms with Gasteiger partial charge in [0.1, 0.15) is 5.56 Å². The number of carbonyl (C=O) groups excluding carboxylic acids is 1. The van der Waals surface area contributed by atoms with Gasteiger partial charge in [-0.25, -0.2) is 4.98 Å². The number of amides is 1. The quantitative estimate of drug-likeness (QED) is 0.813. The van der Waals surface area contributed by atoms with Gasteiger partial charge in [0.2, 0.25) is 5.88 Å². The van der Waals surface area contributed by atoms with Crippen molar-refractivity contribution in [3.05, 3.63) is 59.3 Å². The van der Waals surface area contributed by atoms with E-state index in [-0.39, 0.29) is 11.9 Å². The normalized spacial score (nSPS) is 15.9. The largest absolute Gasteiger partial charge is 0.477 e. The summed E-state index contributed by atoms with van der Waals surface area (Å²) in [5.74, 6) is 0.202. The van der Waals surface area contributed by atoms with Crippen LogP contribution in [0, 0.1) is 6.92 Å². The number of nitrogens with zero attached hydrogens (tertiary/aromatic N) is 2. The van der Waals surface area contributed by atoms with Crippen molar-refractivity contribution >= 4 is 5.91 Å². The highest BCUT2D eigenvalue weighted by molar-refractivity contribution is 5.96. The number of ether oxygens (including phenoxy) is 2. The van der Waals surface area contributed by atoms with Gasteiger partial charge in [-0.1, -0.05) is 29.8 Å². The van der Waals surface area contributed by atoms with Crippen LogP contribution in [0.2, 0.25) is 0 Å². The Bertz CT molecular complexity index is 760. The maximum Gasteiger partial charge on any atom is 0.256 e. The average molecular weight is 369 g/mol. The third-order valence-electron chi connectivity index (χ3n) is 4.67. The van der Waals surface area contributed by atoms with Crippen LogP contribution in [0.3, 0.4) is 0 Å². The Labute approximate surface area is 160 Å². The second kappa shape index (κ2) is 9.48. The number of hydrogen-bond donors (Lipinski definition) is 1. The molecule has 1 fully saturated rings. The van der Waals surface area contributed by atoms with Crippen LogP contribution in [-0.4, -0.2) is 55.2 Å². The van der Waals surface area contributed by atoms with Gasteiger partial charge in [-0.15, -0.1) is 0 Å². The zero-order valence-corrected chi connectivity index (χ0v) is 16.0. The van der Waals surface area contributed by atoms with E-state index in [1.807, 2.05) is 6.92 Å². The number of hydrogen-bond acceptors (Lipinski definition) is 5. The standard InChI is InChI=1S/C21H27N3O3/c1-3-27-21-18(8-5-9-22-21)20(25)23-15-19(24-10-12-26-13-11-24)17-7-4-6-16(2)14-17/h4-9,14,19H,3,10-13,15H2,1-2H3,(H,23,25). The van der Waals surface area contributed by atoms with E-state index in [2.05, 4.69) is 46.4 Å². The monoisotopic (exact) mass is 369 g/mol. The minimum Gasteiger partial charge on any atom is -0.477 e. The number of nitrogens with one attached hydrogen (secondary N) is 1. The van der Waals surface area contributed by atoms with Gasteiger partial charge in [0.05, 0.1) is 25.9 Å². The van der Waals surface area contributed by atoms with Crippen molar-refractivity contribution in [1.29, 1.82) is 0 Å². The summed E-state index contributed by atoms with van der Waals surface area (Å²) in [4.78, 5) is 19.3. The van der Waals surface area contributed by atoms with Crippen molar-refractivity contribution in [2.45, 2.75) is 19.9 Å². The van der Waals surface area contributed by atoms with Crippen LogP contribution in [-0.2, 0) is 4.74 Å². The van der Waals surface area contributed by atoms with E-state index < -0.39 is 0 Å². The molecule has 1 N–H and O–H groups in total. The van der Waals surface area contributed by atoms with Crippen LogP contribution in [0.5, 0.6) is 5.88 Å². The molecule has 6 nitrogen and oxygen atoms in total. The van der Waals surface area contributed by atoms with Gasteiger partial charge in [-0.3, -0.25) is 9.69 Å². The van der Waals surface area contributed by atoms with Gasteiger partial charge in [0, 0.05) is 25.8 Å². The number of morpholine rings is 1. The van der Waals surface area contributed by atoms with Crippen molar-refractivity contribution in [3.63, 3.8) is 0 Å². The fraction of sp³-hybridized carbons (Fsp3) is 0.429. The molecule has 1 amide bonds. The van der Waals surface area contributed by atoms with Crippen molar-refractivity contribution in [2.24, 2.45) is 0 Å². The third-order valence-corrected chi connectivity index (χ3v) is 4.67. The molecule has 1 aliphatic rings. The molecule has 1 saturated heterocycles. The van der Waals surface area contributed by atoms with Crippen LogP contribution in [0.15, 0.2) is 42.6 Å². The molecule has 1 aromatic heterocycles. The van der Waals surface area contributed by atoms with Crippen LogP contribution < -0.4 is 10.1 Å². The molecule has 1 aromatic carbocycles. The Kier molecular flexibility index (Phi) is 6.79. The SMILES string of the molecule is CCOc1ncccc1C(=O)NCC(c1cccc(C)c1)N1CCOCC1. The fourth-order valence-corrected chi connectivity index (χ4v) is 3.32. The molecule has 2 aromatic rings. The minimum absolute atomic E-state index is 0.102. The molecule has 1 aliphatic heterocycles. The predicted molar refractivity (Wildman–Crippen MR) is 104 cm³/mol. The number of pyridine rings is 1. The molecule has 0 spiro atoms. The van der Waals surface area contributed by atoms with Gasteiger partial charge in [0.15, 0.2) is 0 Å². The van der Waals surface area contributed by atoms with E-state index in [0.717, 1.165) is 13.1 Å². The molecule has 0 radical (unpaired) electrons. The molecular weight excluding hydrogens is 342 g/mol. The maximum atomic E-state index is 12.8. The molecule has 6 heteroatoms. The molecule has 1 atom stereocenters. The Morgan fingerprint density at radius 2 is 2.11 bits per heavy atom. The van der Waals surface area contributed by atoms with Gasteiger partial charge >= 0.3 is 0 Å². The van der Waals surface area contributed by atoms with Crippen LogP contribution in [0.4, 0.5) is 0 Å². The van der Waals surface area contributed by atoms with Gasteiger partial charge in [-0.05, 0) is 31.5 Å². The molecule has 3 rings (SSSR count). The molecule has 0 saturated carbocycles. The summed E-state index contributed by atoms with van der Waals surface area (Å²) in [7, 11) is 0. The molecule has 1 unspecified atom stereocenters. The molecular formula is C21H27N3O3. The Hall–Kier alpha value is -2.44. The van der Waals surface area contributed by atoms with Crippen LogP contribution >= 0.6 is 0 Å². The smallest absolute Gasteiger partial charge is 0.256 e. The van der Waals surface area contributed by atoms with Crippen LogP contribution in [0.1, 0.15) is 34.5 Å². The second-order valence-corrected chi connectivity index (χ2v) is 6.58. The summed E-state index contributed by atoms with van der Waals surface area (Å²) in [6, 6.07) is 12.0. The molecule has 144 valence electrons. The number of aromatic nitrogens is 1. The summed E-state index contributed by atoms with van der Waals surface area (Å²) in [5.41, 5.74) is 2.88. The predicted octanol–water partition coefficient (Wildman–Crippen LogP) is 2.59. The van der Waals surface area contributed by atoms with Crippen LogP contribution in [0.25, 0.3) is 0 Å². The first-order valence-corrected chi connectivity index (χ1v) is 9.43. The van der Waals surface area contributed by atoms with Gasteiger partial charge in [0.25, 0.3) is 5.91 Å². The molecule has 27 heavy (non-hydrogen) atoms. The lowest BCUT2D eigenvalue weighted by Crippen LogP contribution is -2.43. The maximum absolute atomic E-state index is 12.8. The average Bonchev–Trinajstić information content (AvgIpc) is 2.69. The zero-order valence-electron chi connectivity index (χ0n) is 16.0. The summed E-state index contributed by atoms with van der Waals surface area (Å²) in [6.07, 6.45) is 1.63. The Morgan fingerprint density at radius 3 is 2.85 bits per heavy atom. The molecule has 0 bridgehead atoms. The number of benzene rings is 1. The molecule has 2 heterocycles. The first kappa shape index (κ1) is 19.3. The lowest BCUT2D eigenvalue weighted by atomic mass is 10.0. The van der Waals surface area contributed by atoms with E-state index in [4.69, 9.17) is 9.47 Å². The van der Waals surface area contributed by atoms with Gasteiger partial charge in [-0.2, -0.15) is 0 Å². The van der Waals surface area contributed by atoms with Gasteiger partial charge < -0.3 is 14.8 Å². The van der Waals surface area contributed by atoms with Crippen molar-refractivity contribution in [2.75, 3.05) is 39.5 Å². The number of carbonyl (C=O) groups is 1. The van der Waals surface area contributed by atoms with E-state index in [0.29, 0.717) is 37.8 Å². The number of rotatable bonds is 7. The summed E-state index contributed by atoms with van der Waals surface area (Å²) in [5, 5.41) is 3.07. The van der Waals surface area contributed by atoms with Crippen molar-refractivity contribution in [1.82, 2.24) is 15.2 Å². The highest BCUT2D eigenvalue weighted by atomic mass is 16.5. The highest BCUT2D eigenvalue weighted by Crippen LogP contribution is 2.23. The lowest BCUT2D eigenvalue weighted by Gasteiger charge is -2.35. The lowest BCUT2D eigenvalue weighted by molar-refractivity contribution is 0.0162. The fourth-order valence-electron chi connectivity index (χ4n) is 3.32. The van der Waals surface area contributed by atoms with E-state index in [1.54, 1.807) is 18.3 Å².